The number of carboxylic acid groups (broad SMARTS) is 2. The minimum Gasteiger partial charge on any atom is -0.508 e. The number of amides is 2. The Hall–Kier alpha value is -4.12. The molecule has 40 heavy (non-hydrogen) atoms. The van der Waals surface area contributed by atoms with E-state index in [4.69, 9.17) is 19.3 Å². The highest BCUT2D eigenvalue weighted by Gasteiger charge is 2.55. The van der Waals surface area contributed by atoms with Gasteiger partial charge >= 0.3 is 25.2 Å². The number of ether oxygens (including phenoxy) is 1. The number of rotatable bonds is 11. The van der Waals surface area contributed by atoms with Crippen molar-refractivity contribution in [3.8, 4) is 6.07 Å². The Morgan fingerprint density at radius 1 is 1.27 bits per heavy atom. The van der Waals surface area contributed by atoms with Crippen molar-refractivity contribution in [2.24, 2.45) is 0 Å². The van der Waals surface area contributed by atoms with E-state index in [2.05, 4.69) is 5.32 Å². The van der Waals surface area contributed by atoms with Crippen molar-refractivity contribution in [2.75, 3.05) is 6.61 Å². The number of alkyl carbamates (subject to hydrolysis) is 1. The lowest BCUT2D eigenvalue weighted by Crippen LogP contribution is -2.62. The first-order valence-electron chi connectivity index (χ1n) is 12.9. The van der Waals surface area contributed by atoms with Gasteiger partial charge in [0.15, 0.2) is 5.60 Å². The highest BCUT2D eigenvalue weighted by atomic mass is 16.7. The summed E-state index contributed by atoms with van der Waals surface area (Å²) in [7, 11) is -1.63. The Morgan fingerprint density at radius 3 is 2.58 bits per heavy atom. The van der Waals surface area contributed by atoms with E-state index in [1.54, 1.807) is 35.2 Å². The van der Waals surface area contributed by atoms with Crippen LogP contribution in [0.15, 0.2) is 30.3 Å². The number of carbonyl (C=O) groups is 5. The van der Waals surface area contributed by atoms with E-state index < -0.39 is 61.0 Å². The van der Waals surface area contributed by atoms with E-state index in [0.717, 1.165) is 0 Å². The maximum atomic E-state index is 13.0. The van der Waals surface area contributed by atoms with Gasteiger partial charge < -0.3 is 34.5 Å². The summed E-state index contributed by atoms with van der Waals surface area (Å²) in [6.07, 6.45) is -1.35. The maximum Gasteiger partial charge on any atom is 0.552 e. The minimum atomic E-state index is -2.39. The molecule has 2 amide bonds. The van der Waals surface area contributed by atoms with Gasteiger partial charge in [-0.05, 0) is 38.2 Å². The van der Waals surface area contributed by atoms with Crippen LogP contribution in [0.4, 0.5) is 4.79 Å². The van der Waals surface area contributed by atoms with E-state index in [9.17, 15) is 34.2 Å². The Bertz CT molecular complexity index is 1170. The third kappa shape index (κ3) is 6.90. The molecule has 14 heteroatoms. The molecule has 0 aromatic heterocycles. The normalized spacial score (nSPS) is 24.9. The fraction of sp³-hybridized carbons (Fsp3) is 0.538. The number of carboxylic acids is 2. The van der Waals surface area contributed by atoms with Crippen LogP contribution in [-0.2, 0) is 39.6 Å². The van der Waals surface area contributed by atoms with Crippen LogP contribution < -0.4 is 5.32 Å². The number of hydrogen-bond acceptors (Lipinski definition) is 9. The average molecular weight is 557 g/mol. The van der Waals surface area contributed by atoms with Crippen LogP contribution in [-0.4, -0.2) is 81.9 Å². The van der Waals surface area contributed by atoms with Crippen LogP contribution in [0.5, 0.6) is 0 Å². The second-order valence-corrected chi connectivity index (χ2v) is 10.1. The largest absolute Gasteiger partial charge is 0.552 e. The summed E-state index contributed by atoms with van der Waals surface area (Å²) < 4.78 is 16.4. The fourth-order valence-corrected chi connectivity index (χ4v) is 5.33. The molecule has 4 atom stereocenters. The molecule has 3 N–H and O–H groups in total. The van der Waals surface area contributed by atoms with Crippen LogP contribution in [0.1, 0.15) is 57.9 Å². The zero-order chi connectivity index (χ0) is 29.5. The molecule has 2 heterocycles. The van der Waals surface area contributed by atoms with Gasteiger partial charge in [0.2, 0.25) is 5.91 Å². The van der Waals surface area contributed by atoms with Crippen molar-refractivity contribution in [3.05, 3.63) is 35.9 Å². The summed E-state index contributed by atoms with van der Waals surface area (Å²) in [6.45, 7) is 3.55. The van der Waals surface area contributed by atoms with Crippen molar-refractivity contribution < 1.29 is 48.2 Å². The van der Waals surface area contributed by atoms with Gasteiger partial charge in [0.1, 0.15) is 13.0 Å². The average Bonchev–Trinajstić information content (AvgIpc) is 3.23. The molecule has 0 spiro atoms. The second kappa shape index (κ2) is 12.8. The molecule has 1 aromatic carbocycles. The molecular formula is C26H32BN3O10. The summed E-state index contributed by atoms with van der Waals surface area (Å²) in [6, 6.07) is 10.4. The summed E-state index contributed by atoms with van der Waals surface area (Å²) in [5.41, 5.74) is -2.52. The van der Waals surface area contributed by atoms with Crippen LogP contribution in [0.3, 0.4) is 0 Å². The summed E-state index contributed by atoms with van der Waals surface area (Å²) in [5.74, 6) is -5.65. The molecular weight excluding hydrogens is 525 g/mol. The SMILES string of the molecule is CCC1(COC(=O)NC(Cc2ccccc2)B2OC(=O)CC(CC(=O)O)(C(=O)O)O2)CCC(C)N1C(=O)CC#N. The molecule has 13 nitrogen and oxygen atoms in total. The molecule has 0 aliphatic carbocycles. The molecule has 0 radical (unpaired) electrons. The summed E-state index contributed by atoms with van der Waals surface area (Å²) in [4.78, 5) is 63.2. The maximum absolute atomic E-state index is 13.0. The van der Waals surface area contributed by atoms with E-state index in [0.29, 0.717) is 24.8 Å². The predicted molar refractivity (Wildman–Crippen MR) is 137 cm³/mol. The van der Waals surface area contributed by atoms with E-state index in [1.807, 2.05) is 19.9 Å². The van der Waals surface area contributed by atoms with E-state index >= 15 is 0 Å². The summed E-state index contributed by atoms with van der Waals surface area (Å²) in [5, 5.41) is 30.6. The zero-order valence-electron chi connectivity index (χ0n) is 22.3. The van der Waals surface area contributed by atoms with Gasteiger partial charge in [0.05, 0.1) is 30.4 Å². The molecule has 0 bridgehead atoms. The van der Waals surface area contributed by atoms with Crippen LogP contribution >= 0.6 is 0 Å². The van der Waals surface area contributed by atoms with Gasteiger partial charge in [-0.25, -0.2) is 9.59 Å². The molecule has 2 fully saturated rings. The van der Waals surface area contributed by atoms with Gasteiger partial charge in [-0.2, -0.15) is 5.26 Å². The third-order valence-electron chi connectivity index (χ3n) is 7.38. The number of nitrogens with one attached hydrogen (secondary N) is 1. The topological polar surface area (TPSA) is 193 Å². The Kier molecular flexibility index (Phi) is 9.76. The quantitative estimate of drug-likeness (QED) is 0.335. The van der Waals surface area contributed by atoms with Gasteiger partial charge in [-0.3, -0.25) is 14.4 Å². The van der Waals surface area contributed by atoms with Gasteiger partial charge in [0.25, 0.3) is 5.97 Å². The van der Waals surface area contributed by atoms with Crippen molar-refractivity contribution in [1.82, 2.24) is 10.2 Å². The molecule has 2 aliphatic heterocycles. The van der Waals surface area contributed by atoms with Crippen molar-refractivity contribution in [2.45, 2.75) is 81.9 Å². The van der Waals surface area contributed by atoms with Crippen LogP contribution in [0.2, 0.25) is 0 Å². The predicted octanol–water partition coefficient (Wildman–Crippen LogP) is 1.69. The molecule has 1 aromatic rings. The van der Waals surface area contributed by atoms with Gasteiger partial charge in [-0.1, -0.05) is 37.3 Å². The van der Waals surface area contributed by atoms with Gasteiger partial charge in [0, 0.05) is 6.04 Å². The number of hydrogen-bond donors (Lipinski definition) is 3. The number of aliphatic carboxylic acids is 2. The number of nitriles is 1. The first-order chi connectivity index (χ1) is 18.9. The van der Waals surface area contributed by atoms with E-state index in [1.165, 1.54) is 0 Å². The molecule has 3 rings (SSSR count). The van der Waals surface area contributed by atoms with Crippen LogP contribution in [0, 0.1) is 11.3 Å². The minimum absolute atomic E-state index is 0.0272. The molecule has 4 unspecified atom stereocenters. The van der Waals surface area contributed by atoms with Crippen LogP contribution in [0.25, 0.3) is 0 Å². The highest BCUT2D eigenvalue weighted by molar-refractivity contribution is 6.50. The Labute approximate surface area is 231 Å². The monoisotopic (exact) mass is 557 g/mol. The number of nitrogens with zero attached hydrogens (tertiary/aromatic N) is 2. The summed E-state index contributed by atoms with van der Waals surface area (Å²) >= 11 is 0. The second-order valence-electron chi connectivity index (χ2n) is 10.1. The van der Waals surface area contributed by atoms with Crippen molar-refractivity contribution >= 4 is 37.0 Å². The number of benzene rings is 1. The Morgan fingerprint density at radius 2 is 1.98 bits per heavy atom. The number of likely N-dealkylation sites (tertiary alicyclic amines) is 1. The first kappa shape index (κ1) is 30.4. The van der Waals surface area contributed by atoms with Crippen molar-refractivity contribution in [3.63, 3.8) is 0 Å². The van der Waals surface area contributed by atoms with Crippen molar-refractivity contribution in [1.29, 1.82) is 5.26 Å². The lowest BCUT2D eigenvalue weighted by Gasteiger charge is -2.39. The standard InChI is InChI=1S/C26H32BN3O10/c1-3-25(11-9-17(2)30(25)20(31)10-12-28)16-38-24(37)29-19(13-18-7-5-4-6-8-18)27-39-22(34)15-26(40-27,23(35)36)14-21(32)33/h4-8,17,19H,3,9-11,13-16H2,1-2H3,(H,29,37)(H,32,33)(H,35,36). The first-order valence-corrected chi connectivity index (χ1v) is 12.9. The molecule has 2 saturated heterocycles. The molecule has 2 aliphatic rings. The van der Waals surface area contributed by atoms with E-state index in [-0.39, 0.29) is 31.4 Å². The third-order valence-corrected chi connectivity index (χ3v) is 7.38. The molecule has 214 valence electrons. The lowest BCUT2D eigenvalue weighted by molar-refractivity contribution is -0.175. The highest BCUT2D eigenvalue weighted by Crippen LogP contribution is 2.37. The fourth-order valence-electron chi connectivity index (χ4n) is 5.33. The van der Waals surface area contributed by atoms with Gasteiger partial charge in [-0.15, -0.1) is 0 Å². The number of carbonyl (C=O) groups excluding carboxylic acids is 3. The lowest BCUT2D eigenvalue weighted by atomic mass is 9.71. The Balaban J connectivity index is 1.82. The zero-order valence-corrected chi connectivity index (χ0v) is 22.3. The smallest absolute Gasteiger partial charge is 0.508 e. The molecule has 0 saturated carbocycles.